The molecule has 1 N–H and O–H groups in total. The summed E-state index contributed by atoms with van der Waals surface area (Å²) in [6, 6.07) is 7.72. The molecule has 1 saturated carbocycles. The van der Waals surface area contributed by atoms with Crippen molar-refractivity contribution in [1.29, 1.82) is 0 Å². The number of imidazole rings is 1. The van der Waals surface area contributed by atoms with Gasteiger partial charge in [-0.25, -0.2) is 4.79 Å². The van der Waals surface area contributed by atoms with Crippen molar-refractivity contribution < 1.29 is 5.21 Å². The van der Waals surface area contributed by atoms with Gasteiger partial charge in [0, 0.05) is 25.7 Å². The Morgan fingerprint density at radius 1 is 0.885 bits per heavy atom. The van der Waals surface area contributed by atoms with E-state index in [0.29, 0.717) is 5.52 Å². The van der Waals surface area contributed by atoms with Crippen molar-refractivity contribution in [2.24, 2.45) is 5.92 Å². The van der Waals surface area contributed by atoms with Crippen molar-refractivity contribution in [3.05, 3.63) is 34.7 Å². The van der Waals surface area contributed by atoms with Crippen LogP contribution in [0.1, 0.15) is 63.8 Å². The van der Waals surface area contributed by atoms with Gasteiger partial charge in [-0.15, -0.1) is 4.73 Å². The Hall–Kier alpha value is -1.75. The van der Waals surface area contributed by atoms with E-state index in [4.69, 9.17) is 0 Å². The van der Waals surface area contributed by atoms with E-state index >= 15 is 0 Å². The molecule has 0 amide bonds. The Morgan fingerprint density at radius 3 is 2.19 bits per heavy atom. The van der Waals surface area contributed by atoms with E-state index in [9.17, 15) is 10.0 Å². The molecule has 5 nitrogen and oxygen atoms in total. The van der Waals surface area contributed by atoms with Crippen molar-refractivity contribution in [3.8, 4) is 0 Å². The van der Waals surface area contributed by atoms with Gasteiger partial charge in [-0.3, -0.25) is 4.57 Å². The van der Waals surface area contributed by atoms with Crippen molar-refractivity contribution >= 4 is 11.0 Å². The minimum atomic E-state index is -0.301. The van der Waals surface area contributed by atoms with Crippen LogP contribution in [0.2, 0.25) is 0 Å². The van der Waals surface area contributed by atoms with Crippen molar-refractivity contribution in [3.63, 3.8) is 0 Å². The molecule has 0 spiro atoms. The fourth-order valence-electron chi connectivity index (χ4n) is 4.96. The standard InChI is InChI=1S/C21H31N3O2/c25-21-23(19-10-6-7-11-20(19)24(21)26)18-12-14-22(15-13-18)16-17-8-4-2-1-3-5-9-17/h6-7,10-11,17-18,26H,1-5,8-9,12-16H2. The van der Waals surface area contributed by atoms with Crippen LogP contribution in [0.15, 0.2) is 29.1 Å². The van der Waals surface area contributed by atoms with Crippen LogP contribution in [-0.2, 0) is 0 Å². The molecule has 0 bridgehead atoms. The number of aromatic nitrogens is 2. The lowest BCUT2D eigenvalue weighted by Crippen LogP contribution is -2.40. The molecule has 0 atom stereocenters. The lowest BCUT2D eigenvalue weighted by atomic mass is 9.90. The molecule has 1 saturated heterocycles. The summed E-state index contributed by atoms with van der Waals surface area (Å²) in [7, 11) is 0. The van der Waals surface area contributed by atoms with E-state index in [1.54, 1.807) is 6.07 Å². The van der Waals surface area contributed by atoms with Crippen LogP contribution < -0.4 is 5.69 Å². The maximum atomic E-state index is 12.5. The van der Waals surface area contributed by atoms with Crippen LogP contribution >= 0.6 is 0 Å². The normalized spacial score (nSPS) is 21.7. The highest BCUT2D eigenvalue weighted by Crippen LogP contribution is 2.28. The van der Waals surface area contributed by atoms with Gasteiger partial charge in [-0.2, -0.15) is 0 Å². The third kappa shape index (κ3) is 3.54. The first kappa shape index (κ1) is 17.7. The van der Waals surface area contributed by atoms with Crippen LogP contribution in [-0.4, -0.2) is 39.0 Å². The molecular weight excluding hydrogens is 326 g/mol. The van der Waals surface area contributed by atoms with E-state index in [1.165, 1.54) is 51.5 Å². The predicted molar refractivity (Wildman–Crippen MR) is 104 cm³/mol. The second-order valence-corrected chi connectivity index (χ2v) is 8.20. The van der Waals surface area contributed by atoms with Crippen molar-refractivity contribution in [2.75, 3.05) is 19.6 Å². The predicted octanol–water partition coefficient (Wildman–Crippen LogP) is 4.04. The summed E-state index contributed by atoms with van der Waals surface area (Å²) in [5, 5.41) is 10.1. The molecule has 1 aliphatic carbocycles. The second kappa shape index (κ2) is 7.87. The highest BCUT2D eigenvalue weighted by molar-refractivity contribution is 5.75. The topological polar surface area (TPSA) is 50.4 Å². The van der Waals surface area contributed by atoms with Crippen LogP contribution in [0.4, 0.5) is 0 Å². The highest BCUT2D eigenvalue weighted by atomic mass is 16.5. The molecule has 2 heterocycles. The highest BCUT2D eigenvalue weighted by Gasteiger charge is 2.26. The number of hydrogen-bond acceptors (Lipinski definition) is 3. The van der Waals surface area contributed by atoms with Crippen LogP contribution in [0.25, 0.3) is 11.0 Å². The molecule has 1 aromatic carbocycles. The molecule has 1 aliphatic heterocycles. The number of para-hydroxylation sites is 2. The molecule has 142 valence electrons. The summed E-state index contributed by atoms with van der Waals surface area (Å²) in [5.41, 5.74) is 1.15. The Labute approximate surface area is 155 Å². The van der Waals surface area contributed by atoms with Gasteiger partial charge in [0.25, 0.3) is 0 Å². The SMILES string of the molecule is O=c1n(O)c2ccccc2n1C1CCN(CC2CCCCCCC2)CC1. The van der Waals surface area contributed by atoms with E-state index < -0.39 is 0 Å². The van der Waals surface area contributed by atoms with Gasteiger partial charge < -0.3 is 10.1 Å². The number of piperidine rings is 1. The van der Waals surface area contributed by atoms with Crippen molar-refractivity contribution in [2.45, 2.75) is 63.8 Å². The molecule has 2 fully saturated rings. The quantitative estimate of drug-likeness (QED) is 0.844. The fraction of sp³-hybridized carbons (Fsp3) is 0.667. The average molecular weight is 357 g/mol. The molecule has 0 radical (unpaired) electrons. The van der Waals surface area contributed by atoms with Gasteiger partial charge in [0.2, 0.25) is 0 Å². The number of nitrogens with zero attached hydrogens (tertiary/aromatic N) is 3. The van der Waals surface area contributed by atoms with Crippen molar-refractivity contribution in [1.82, 2.24) is 14.2 Å². The first-order chi connectivity index (χ1) is 12.7. The van der Waals surface area contributed by atoms with E-state index in [1.807, 2.05) is 22.8 Å². The fourth-order valence-corrected chi connectivity index (χ4v) is 4.96. The van der Waals surface area contributed by atoms with Crippen LogP contribution in [0, 0.1) is 5.92 Å². The minimum absolute atomic E-state index is 0.189. The second-order valence-electron chi connectivity index (χ2n) is 8.20. The molecule has 4 rings (SSSR count). The lowest BCUT2D eigenvalue weighted by Gasteiger charge is -2.35. The molecule has 0 unspecified atom stereocenters. The van der Waals surface area contributed by atoms with Gasteiger partial charge in [0.1, 0.15) is 5.52 Å². The molecule has 2 aliphatic rings. The minimum Gasteiger partial charge on any atom is -0.424 e. The average Bonchev–Trinajstić information content (AvgIpc) is 2.89. The van der Waals surface area contributed by atoms with E-state index in [-0.39, 0.29) is 11.7 Å². The molecule has 26 heavy (non-hydrogen) atoms. The van der Waals surface area contributed by atoms with E-state index in [2.05, 4.69) is 4.90 Å². The third-order valence-corrected chi connectivity index (χ3v) is 6.42. The zero-order valence-corrected chi connectivity index (χ0v) is 15.6. The maximum Gasteiger partial charge on any atom is 0.362 e. The van der Waals surface area contributed by atoms with Gasteiger partial charge in [-0.05, 0) is 43.7 Å². The summed E-state index contributed by atoms with van der Waals surface area (Å²) in [6.07, 6.45) is 11.8. The number of fused-ring (bicyclic) bond motifs is 1. The Morgan fingerprint density at radius 2 is 1.50 bits per heavy atom. The third-order valence-electron chi connectivity index (χ3n) is 6.42. The Kier molecular flexibility index (Phi) is 5.34. The summed E-state index contributed by atoms with van der Waals surface area (Å²) in [5.74, 6) is 0.855. The summed E-state index contributed by atoms with van der Waals surface area (Å²) >= 11 is 0. The number of rotatable bonds is 3. The Bertz CT molecular complexity index is 778. The molecule has 2 aromatic rings. The van der Waals surface area contributed by atoms with Gasteiger partial charge in [0.05, 0.1) is 5.52 Å². The van der Waals surface area contributed by atoms with Gasteiger partial charge >= 0.3 is 5.69 Å². The smallest absolute Gasteiger partial charge is 0.362 e. The number of hydrogen-bond donors (Lipinski definition) is 1. The van der Waals surface area contributed by atoms with E-state index in [0.717, 1.165) is 42.1 Å². The lowest BCUT2D eigenvalue weighted by molar-refractivity contribution is 0.145. The molecule has 1 aromatic heterocycles. The summed E-state index contributed by atoms with van der Waals surface area (Å²) in [6.45, 7) is 3.33. The number of likely N-dealkylation sites (tertiary alicyclic amines) is 1. The zero-order chi connectivity index (χ0) is 17.9. The maximum absolute atomic E-state index is 12.5. The first-order valence-corrected chi connectivity index (χ1v) is 10.4. The van der Waals surface area contributed by atoms with Gasteiger partial charge in [-0.1, -0.05) is 44.2 Å². The van der Waals surface area contributed by atoms with Crippen LogP contribution in [0.3, 0.4) is 0 Å². The summed E-state index contributed by atoms with van der Waals surface area (Å²) < 4.78 is 2.61. The molecular formula is C21H31N3O2. The zero-order valence-electron chi connectivity index (χ0n) is 15.6. The monoisotopic (exact) mass is 357 g/mol. The van der Waals surface area contributed by atoms with Crippen LogP contribution in [0.5, 0.6) is 0 Å². The number of benzene rings is 1. The Balaban J connectivity index is 1.41. The first-order valence-electron chi connectivity index (χ1n) is 10.4. The molecule has 5 heteroatoms. The van der Waals surface area contributed by atoms with Gasteiger partial charge in [0.15, 0.2) is 0 Å². The largest absolute Gasteiger partial charge is 0.424 e. The summed E-state index contributed by atoms with van der Waals surface area (Å²) in [4.78, 5) is 15.1.